The van der Waals surface area contributed by atoms with E-state index in [-0.39, 0.29) is 24.0 Å². The minimum absolute atomic E-state index is 0.0444. The molecule has 9 nitrogen and oxygen atoms in total. The highest BCUT2D eigenvalue weighted by Gasteiger charge is 2.42. The monoisotopic (exact) mass is 460 g/mol. The summed E-state index contributed by atoms with van der Waals surface area (Å²) in [6.45, 7) is 5.30. The van der Waals surface area contributed by atoms with Gasteiger partial charge in [-0.05, 0) is 39.3 Å². The minimum atomic E-state index is -0.0444. The van der Waals surface area contributed by atoms with Crippen LogP contribution in [0.4, 0.5) is 4.79 Å². The number of hydrogen-bond acceptors (Lipinski definition) is 7. The first-order chi connectivity index (χ1) is 15.2. The Balaban J connectivity index is 1.30. The number of carbonyl (C=O) groups is 2. The molecule has 0 aromatic rings. The van der Waals surface area contributed by atoms with E-state index in [4.69, 9.17) is 14.2 Å². The molecule has 2 fully saturated rings. The fraction of sp³-hybridized carbons (Fsp3) is 0.905. The molecule has 2 heterocycles. The SMILES string of the molecule is CNCCCOCCOCCOCCCNC(=O)CCCC[C@@H]1SC[C@@H]2NC(=O)N[C@@H]21. The van der Waals surface area contributed by atoms with Gasteiger partial charge in [-0.15, -0.1) is 0 Å². The van der Waals surface area contributed by atoms with Gasteiger partial charge in [0, 0.05) is 37.2 Å². The number of ether oxygens (including phenoxy) is 3. The van der Waals surface area contributed by atoms with Crippen LogP contribution in [-0.2, 0) is 19.0 Å². The highest BCUT2D eigenvalue weighted by molar-refractivity contribution is 8.00. The van der Waals surface area contributed by atoms with Crippen LogP contribution in [0.25, 0.3) is 0 Å². The van der Waals surface area contributed by atoms with E-state index in [9.17, 15) is 9.59 Å². The van der Waals surface area contributed by atoms with Gasteiger partial charge in [-0.2, -0.15) is 11.8 Å². The van der Waals surface area contributed by atoms with Crippen molar-refractivity contribution in [1.82, 2.24) is 21.3 Å². The first-order valence-corrected chi connectivity index (χ1v) is 12.6. The van der Waals surface area contributed by atoms with Gasteiger partial charge in [0.1, 0.15) is 0 Å². The van der Waals surface area contributed by atoms with Gasteiger partial charge in [-0.3, -0.25) is 4.79 Å². The van der Waals surface area contributed by atoms with Crippen molar-refractivity contribution in [2.75, 3.05) is 65.5 Å². The van der Waals surface area contributed by atoms with Crippen LogP contribution in [0, 0.1) is 0 Å². The standard InChI is InChI=1S/C21H40N4O5S/c1-22-8-4-10-28-12-14-30-15-13-29-11-5-9-23-19(26)7-3-2-6-18-20-17(16-31-18)24-21(27)25-20/h17-18,20,22H,2-16H2,1H3,(H,23,26)(H2,24,25,27)/t17-,18-,20-/m0/s1. The zero-order chi connectivity index (χ0) is 22.2. The summed E-state index contributed by atoms with van der Waals surface area (Å²) >= 11 is 1.92. The lowest BCUT2D eigenvalue weighted by molar-refractivity contribution is -0.121. The molecule has 180 valence electrons. The molecule has 0 aromatic carbocycles. The van der Waals surface area contributed by atoms with E-state index in [0.717, 1.165) is 51.0 Å². The molecule has 0 saturated carbocycles. The number of unbranched alkanes of at least 4 members (excludes halogenated alkanes) is 1. The summed E-state index contributed by atoms with van der Waals surface area (Å²) < 4.78 is 16.4. The van der Waals surface area contributed by atoms with Crippen molar-refractivity contribution in [3.8, 4) is 0 Å². The molecule has 0 radical (unpaired) electrons. The molecule has 10 heteroatoms. The molecule has 3 amide bonds. The second-order valence-electron chi connectivity index (χ2n) is 7.87. The van der Waals surface area contributed by atoms with E-state index in [1.807, 2.05) is 18.8 Å². The number of amides is 3. The number of thioether (sulfide) groups is 1. The first-order valence-electron chi connectivity index (χ1n) is 11.5. The molecule has 2 aliphatic heterocycles. The van der Waals surface area contributed by atoms with Crippen molar-refractivity contribution in [2.45, 2.75) is 55.9 Å². The zero-order valence-corrected chi connectivity index (χ0v) is 19.6. The van der Waals surface area contributed by atoms with Crippen molar-refractivity contribution >= 4 is 23.7 Å². The molecule has 0 aliphatic carbocycles. The lowest BCUT2D eigenvalue weighted by Gasteiger charge is -2.16. The van der Waals surface area contributed by atoms with Crippen LogP contribution in [0.1, 0.15) is 38.5 Å². The van der Waals surface area contributed by atoms with Gasteiger partial charge in [0.2, 0.25) is 5.91 Å². The van der Waals surface area contributed by atoms with E-state index in [1.54, 1.807) is 0 Å². The minimum Gasteiger partial charge on any atom is -0.379 e. The number of fused-ring (bicyclic) bond motifs is 1. The van der Waals surface area contributed by atoms with Gasteiger partial charge in [0.05, 0.1) is 38.5 Å². The van der Waals surface area contributed by atoms with Gasteiger partial charge in [0.25, 0.3) is 0 Å². The Morgan fingerprint density at radius 3 is 2.35 bits per heavy atom. The van der Waals surface area contributed by atoms with Crippen molar-refractivity contribution in [2.24, 2.45) is 0 Å². The summed E-state index contributed by atoms with van der Waals surface area (Å²) in [5.74, 6) is 1.08. The summed E-state index contributed by atoms with van der Waals surface area (Å²) in [6, 6.07) is 0.474. The molecular weight excluding hydrogens is 420 g/mol. The zero-order valence-electron chi connectivity index (χ0n) is 18.8. The Hall–Kier alpha value is -1.07. The van der Waals surface area contributed by atoms with Crippen LogP contribution >= 0.6 is 11.8 Å². The van der Waals surface area contributed by atoms with Crippen molar-refractivity contribution in [3.05, 3.63) is 0 Å². The van der Waals surface area contributed by atoms with Crippen LogP contribution in [0.5, 0.6) is 0 Å². The smallest absolute Gasteiger partial charge is 0.315 e. The fourth-order valence-electron chi connectivity index (χ4n) is 3.66. The highest BCUT2D eigenvalue weighted by Crippen LogP contribution is 2.33. The van der Waals surface area contributed by atoms with Gasteiger partial charge < -0.3 is 35.5 Å². The third-order valence-electron chi connectivity index (χ3n) is 5.33. The predicted octanol–water partition coefficient (Wildman–Crippen LogP) is 0.878. The van der Waals surface area contributed by atoms with Crippen molar-refractivity contribution < 1.29 is 23.8 Å². The van der Waals surface area contributed by atoms with Gasteiger partial charge in [-0.1, -0.05) is 6.42 Å². The van der Waals surface area contributed by atoms with Crippen LogP contribution in [0.15, 0.2) is 0 Å². The Morgan fingerprint density at radius 2 is 1.65 bits per heavy atom. The maximum atomic E-state index is 11.9. The third-order valence-corrected chi connectivity index (χ3v) is 6.84. The lowest BCUT2D eigenvalue weighted by Crippen LogP contribution is -2.36. The van der Waals surface area contributed by atoms with Gasteiger partial charge >= 0.3 is 6.03 Å². The Bertz CT molecular complexity index is 514. The average molecular weight is 461 g/mol. The molecule has 0 aromatic heterocycles. The van der Waals surface area contributed by atoms with E-state index < -0.39 is 0 Å². The molecule has 0 unspecified atom stereocenters. The molecule has 0 spiro atoms. The van der Waals surface area contributed by atoms with Crippen LogP contribution in [0.2, 0.25) is 0 Å². The van der Waals surface area contributed by atoms with E-state index >= 15 is 0 Å². The second kappa shape index (κ2) is 16.5. The van der Waals surface area contributed by atoms with E-state index in [2.05, 4.69) is 21.3 Å². The topological polar surface area (TPSA) is 110 Å². The van der Waals surface area contributed by atoms with Gasteiger partial charge in [0.15, 0.2) is 0 Å². The normalized spacial score (nSPS) is 22.2. The largest absolute Gasteiger partial charge is 0.379 e. The van der Waals surface area contributed by atoms with Gasteiger partial charge in [-0.25, -0.2) is 4.79 Å². The number of carbonyl (C=O) groups excluding carboxylic acids is 2. The molecule has 2 saturated heterocycles. The number of hydrogen-bond donors (Lipinski definition) is 4. The molecule has 0 bridgehead atoms. The van der Waals surface area contributed by atoms with E-state index in [0.29, 0.717) is 51.2 Å². The molecule has 31 heavy (non-hydrogen) atoms. The Kier molecular flexibility index (Phi) is 14.0. The Morgan fingerprint density at radius 1 is 0.968 bits per heavy atom. The third kappa shape index (κ3) is 11.4. The van der Waals surface area contributed by atoms with Crippen molar-refractivity contribution in [1.29, 1.82) is 0 Å². The summed E-state index contributed by atoms with van der Waals surface area (Å²) in [5, 5.41) is 12.5. The predicted molar refractivity (Wildman–Crippen MR) is 123 cm³/mol. The maximum absolute atomic E-state index is 11.9. The summed E-state index contributed by atoms with van der Waals surface area (Å²) in [5.41, 5.74) is 0. The quantitative estimate of drug-likeness (QED) is 0.167. The summed E-state index contributed by atoms with van der Waals surface area (Å²) in [4.78, 5) is 23.3. The molecular formula is C21H40N4O5S. The van der Waals surface area contributed by atoms with Crippen LogP contribution < -0.4 is 21.3 Å². The first kappa shape index (κ1) is 26.2. The highest BCUT2D eigenvalue weighted by atomic mass is 32.2. The number of rotatable bonds is 19. The van der Waals surface area contributed by atoms with Crippen molar-refractivity contribution in [3.63, 3.8) is 0 Å². The Labute approximate surface area is 190 Å². The molecule has 3 atom stereocenters. The second-order valence-corrected chi connectivity index (χ2v) is 9.14. The van der Waals surface area contributed by atoms with Crippen LogP contribution in [0.3, 0.4) is 0 Å². The number of urea groups is 1. The molecule has 2 rings (SSSR count). The van der Waals surface area contributed by atoms with Crippen LogP contribution in [-0.4, -0.2) is 94.8 Å². The summed E-state index contributed by atoms with van der Waals surface area (Å²) in [6.07, 6.45) is 5.30. The number of nitrogens with one attached hydrogen (secondary N) is 4. The summed E-state index contributed by atoms with van der Waals surface area (Å²) in [7, 11) is 1.93. The fourth-order valence-corrected chi connectivity index (χ4v) is 5.20. The lowest BCUT2D eigenvalue weighted by atomic mass is 10.0. The molecule has 2 aliphatic rings. The maximum Gasteiger partial charge on any atom is 0.315 e. The van der Waals surface area contributed by atoms with E-state index in [1.165, 1.54) is 0 Å². The average Bonchev–Trinajstić information content (AvgIpc) is 3.30. The molecule has 4 N–H and O–H groups in total.